The van der Waals surface area contributed by atoms with Gasteiger partial charge < -0.3 is 10.2 Å². The van der Waals surface area contributed by atoms with Crippen LogP contribution in [0.5, 0.6) is 0 Å². The van der Waals surface area contributed by atoms with Crippen LogP contribution >= 0.6 is 0 Å². The molecule has 0 aromatic rings. The maximum atomic E-state index is 3.85. The molecule has 126 valence electrons. The highest BCUT2D eigenvalue weighted by Crippen LogP contribution is 2.21. The monoisotopic (exact) mass is 296 g/mol. The summed E-state index contributed by atoms with van der Waals surface area (Å²) in [5, 5.41) is 3.85. The minimum atomic E-state index is 0.764. The van der Waals surface area contributed by atoms with Crippen LogP contribution in [0.25, 0.3) is 0 Å². The van der Waals surface area contributed by atoms with E-state index in [-0.39, 0.29) is 0 Å². The Morgan fingerprint density at radius 2 is 1.52 bits per heavy atom. The second-order valence-corrected chi connectivity index (χ2v) is 7.06. The largest absolute Gasteiger partial charge is 0.313 e. The average Bonchev–Trinajstić information content (AvgIpc) is 3.01. The van der Waals surface area contributed by atoms with Crippen molar-refractivity contribution in [3.05, 3.63) is 0 Å². The molecule has 2 heteroatoms. The molecule has 0 aromatic carbocycles. The van der Waals surface area contributed by atoms with Crippen LogP contribution < -0.4 is 5.32 Å². The molecule has 1 fully saturated rings. The van der Waals surface area contributed by atoms with Gasteiger partial charge in [0.15, 0.2) is 0 Å². The topological polar surface area (TPSA) is 15.3 Å². The van der Waals surface area contributed by atoms with Crippen LogP contribution in [0.15, 0.2) is 0 Å². The third kappa shape index (κ3) is 8.83. The van der Waals surface area contributed by atoms with E-state index in [0.29, 0.717) is 0 Å². The maximum absolute atomic E-state index is 3.85. The zero-order valence-corrected chi connectivity index (χ0v) is 15.0. The molecule has 1 aliphatic rings. The summed E-state index contributed by atoms with van der Waals surface area (Å²) in [6, 6.07) is 1.63. The quantitative estimate of drug-likeness (QED) is 0.482. The Kier molecular flexibility index (Phi) is 11.3. The van der Waals surface area contributed by atoms with Gasteiger partial charge in [-0.1, -0.05) is 65.2 Å². The van der Waals surface area contributed by atoms with Crippen LogP contribution in [0.4, 0.5) is 0 Å². The fourth-order valence-corrected chi connectivity index (χ4v) is 3.60. The van der Waals surface area contributed by atoms with Gasteiger partial charge in [-0.05, 0) is 32.7 Å². The molecule has 0 radical (unpaired) electrons. The number of hydrogen-bond acceptors (Lipinski definition) is 2. The molecule has 0 aromatic heterocycles. The van der Waals surface area contributed by atoms with Crippen molar-refractivity contribution in [2.24, 2.45) is 0 Å². The average molecular weight is 297 g/mol. The third-order valence-electron chi connectivity index (χ3n) is 5.16. The van der Waals surface area contributed by atoms with Crippen molar-refractivity contribution in [2.75, 3.05) is 20.1 Å². The van der Waals surface area contributed by atoms with E-state index >= 15 is 0 Å². The Balaban J connectivity index is 2.16. The first kappa shape index (κ1) is 19.0. The molecule has 21 heavy (non-hydrogen) atoms. The molecular formula is C19H40N2. The van der Waals surface area contributed by atoms with Gasteiger partial charge in [0, 0.05) is 25.2 Å². The molecule has 0 heterocycles. The van der Waals surface area contributed by atoms with Gasteiger partial charge in [-0.25, -0.2) is 0 Å². The molecule has 1 rings (SSSR count). The summed E-state index contributed by atoms with van der Waals surface area (Å²) in [6.07, 6.45) is 16.8. The zero-order chi connectivity index (χ0) is 15.3. The lowest BCUT2D eigenvalue weighted by Crippen LogP contribution is -2.39. The lowest BCUT2D eigenvalue weighted by molar-refractivity contribution is 0.239. The summed E-state index contributed by atoms with van der Waals surface area (Å²) >= 11 is 0. The van der Waals surface area contributed by atoms with Gasteiger partial charge in [0.2, 0.25) is 0 Å². The van der Waals surface area contributed by atoms with Gasteiger partial charge in [0.1, 0.15) is 0 Å². The molecule has 0 aliphatic heterocycles. The van der Waals surface area contributed by atoms with E-state index < -0.39 is 0 Å². The van der Waals surface area contributed by atoms with E-state index in [0.717, 1.165) is 12.1 Å². The van der Waals surface area contributed by atoms with Crippen molar-refractivity contribution >= 4 is 0 Å². The Bertz CT molecular complexity index is 214. The van der Waals surface area contributed by atoms with E-state index in [9.17, 15) is 0 Å². The summed E-state index contributed by atoms with van der Waals surface area (Å²) in [6.45, 7) is 7.00. The highest BCUT2D eigenvalue weighted by Gasteiger charge is 2.19. The molecular weight excluding hydrogens is 256 g/mol. The number of likely N-dealkylation sites (N-methyl/N-ethyl adjacent to an activating group) is 1. The van der Waals surface area contributed by atoms with Crippen LogP contribution in [-0.2, 0) is 0 Å². The smallest absolute Gasteiger partial charge is 0.0107 e. The van der Waals surface area contributed by atoms with Crippen LogP contribution in [0, 0.1) is 0 Å². The molecule has 0 unspecified atom stereocenters. The van der Waals surface area contributed by atoms with Crippen molar-refractivity contribution in [1.82, 2.24) is 10.2 Å². The predicted octanol–water partition coefficient (Wildman–Crippen LogP) is 4.98. The van der Waals surface area contributed by atoms with Gasteiger partial charge in [0.25, 0.3) is 0 Å². The Morgan fingerprint density at radius 3 is 2.05 bits per heavy atom. The van der Waals surface area contributed by atoms with E-state index in [1.54, 1.807) is 0 Å². The molecule has 2 nitrogen and oxygen atoms in total. The Labute approximate surface area is 134 Å². The van der Waals surface area contributed by atoms with Crippen LogP contribution in [0.1, 0.15) is 90.9 Å². The van der Waals surface area contributed by atoms with Crippen LogP contribution in [-0.4, -0.2) is 37.1 Å². The number of hydrogen-bond donors (Lipinski definition) is 1. The molecule has 1 saturated carbocycles. The van der Waals surface area contributed by atoms with Crippen molar-refractivity contribution in [2.45, 2.75) is 103 Å². The van der Waals surface area contributed by atoms with Gasteiger partial charge >= 0.3 is 0 Å². The molecule has 0 bridgehead atoms. The maximum Gasteiger partial charge on any atom is 0.0107 e. The number of unbranched alkanes of at least 4 members (excludes halogenated alkanes) is 4. The summed E-state index contributed by atoms with van der Waals surface area (Å²) < 4.78 is 0. The van der Waals surface area contributed by atoms with Crippen molar-refractivity contribution in [3.63, 3.8) is 0 Å². The molecule has 0 saturated heterocycles. The fraction of sp³-hybridized carbons (Fsp3) is 1.00. The van der Waals surface area contributed by atoms with Gasteiger partial charge in [-0.15, -0.1) is 0 Å². The van der Waals surface area contributed by atoms with Crippen molar-refractivity contribution in [1.29, 1.82) is 0 Å². The Morgan fingerprint density at radius 1 is 0.952 bits per heavy atom. The summed E-state index contributed by atoms with van der Waals surface area (Å²) in [4.78, 5) is 2.59. The first-order valence-electron chi connectivity index (χ1n) is 9.71. The lowest BCUT2D eigenvalue weighted by atomic mass is 10.0. The lowest BCUT2D eigenvalue weighted by Gasteiger charge is -2.26. The molecule has 1 N–H and O–H groups in total. The predicted molar refractivity (Wildman–Crippen MR) is 95.0 cm³/mol. The van der Waals surface area contributed by atoms with E-state index in [1.807, 2.05) is 0 Å². The first-order valence-corrected chi connectivity index (χ1v) is 9.71. The van der Waals surface area contributed by atoms with E-state index in [2.05, 4.69) is 31.1 Å². The molecule has 0 amide bonds. The van der Waals surface area contributed by atoms with Crippen molar-refractivity contribution < 1.29 is 0 Å². The summed E-state index contributed by atoms with van der Waals surface area (Å²) in [7, 11) is 2.32. The molecule has 0 spiro atoms. The number of rotatable bonds is 13. The zero-order valence-electron chi connectivity index (χ0n) is 15.0. The van der Waals surface area contributed by atoms with Crippen LogP contribution in [0.2, 0.25) is 0 Å². The Hall–Kier alpha value is -0.0800. The van der Waals surface area contributed by atoms with E-state index in [1.165, 1.54) is 90.1 Å². The SMILES string of the molecule is CCCCCC(CCCCC)NCCN(C)C1CCCC1. The summed E-state index contributed by atoms with van der Waals surface area (Å²) in [5.74, 6) is 0. The standard InChI is InChI=1S/C19H40N2/c1-4-6-8-12-18(13-9-7-5-2)20-16-17-21(3)19-14-10-11-15-19/h18-20H,4-17H2,1-3H3. The molecule has 1 aliphatic carbocycles. The van der Waals surface area contributed by atoms with Gasteiger partial charge in [0.05, 0.1) is 0 Å². The number of nitrogens with zero attached hydrogens (tertiary/aromatic N) is 1. The minimum Gasteiger partial charge on any atom is -0.313 e. The van der Waals surface area contributed by atoms with Gasteiger partial charge in [-0.2, -0.15) is 0 Å². The second kappa shape index (κ2) is 12.5. The first-order chi connectivity index (χ1) is 10.3. The fourth-order valence-electron chi connectivity index (χ4n) is 3.60. The molecule has 0 atom stereocenters. The highest BCUT2D eigenvalue weighted by atomic mass is 15.1. The van der Waals surface area contributed by atoms with Crippen LogP contribution in [0.3, 0.4) is 0 Å². The number of nitrogens with one attached hydrogen (secondary N) is 1. The normalized spacial score (nSPS) is 16.4. The van der Waals surface area contributed by atoms with Crippen molar-refractivity contribution in [3.8, 4) is 0 Å². The van der Waals surface area contributed by atoms with E-state index in [4.69, 9.17) is 0 Å². The third-order valence-corrected chi connectivity index (χ3v) is 5.16. The van der Waals surface area contributed by atoms with Gasteiger partial charge in [-0.3, -0.25) is 0 Å². The minimum absolute atomic E-state index is 0.764. The highest BCUT2D eigenvalue weighted by molar-refractivity contribution is 4.76. The summed E-state index contributed by atoms with van der Waals surface area (Å²) in [5.41, 5.74) is 0. The second-order valence-electron chi connectivity index (χ2n) is 7.06.